The monoisotopic (exact) mass is 434 g/mol. The number of hydrogen-bond donors (Lipinski definition) is 2. The van der Waals surface area contributed by atoms with E-state index in [1.54, 1.807) is 6.20 Å². The first-order valence-corrected chi connectivity index (χ1v) is 11.6. The Labute approximate surface area is 190 Å². The minimum atomic E-state index is 0.163. The minimum absolute atomic E-state index is 0.163. The van der Waals surface area contributed by atoms with Crippen LogP contribution in [0.5, 0.6) is 0 Å². The van der Waals surface area contributed by atoms with E-state index < -0.39 is 0 Å². The van der Waals surface area contributed by atoms with Crippen molar-refractivity contribution >= 4 is 17.5 Å². The fourth-order valence-electron chi connectivity index (χ4n) is 4.19. The van der Waals surface area contributed by atoms with E-state index in [-0.39, 0.29) is 6.04 Å². The highest BCUT2D eigenvalue weighted by Gasteiger charge is 2.23. The van der Waals surface area contributed by atoms with Crippen LogP contribution in [-0.4, -0.2) is 69.2 Å². The lowest BCUT2D eigenvalue weighted by Crippen LogP contribution is -2.45. The summed E-state index contributed by atoms with van der Waals surface area (Å²) in [6, 6.07) is 4.28. The maximum Gasteiger partial charge on any atom is 0.228 e. The Kier molecular flexibility index (Phi) is 7.12. The fraction of sp³-hybridized carbons (Fsp3) is 0.500. The Morgan fingerprint density at radius 3 is 2.53 bits per heavy atom. The van der Waals surface area contributed by atoms with Crippen molar-refractivity contribution in [3.8, 4) is 0 Å². The van der Waals surface area contributed by atoms with Crippen molar-refractivity contribution in [2.24, 2.45) is 10.7 Å². The quantitative estimate of drug-likeness (QED) is 0.722. The number of piperazine rings is 1. The molecule has 0 atom stereocenters. The second-order valence-electron chi connectivity index (χ2n) is 8.72. The molecule has 0 radical (unpaired) electrons. The number of allylic oxidation sites excluding steroid dienone is 1. The van der Waals surface area contributed by atoms with Gasteiger partial charge in [0.05, 0.1) is 11.4 Å². The predicted octanol–water partition coefficient (Wildman–Crippen LogP) is 2.74. The first-order valence-electron chi connectivity index (χ1n) is 11.6. The molecule has 3 N–H and O–H groups in total. The molecule has 8 heteroatoms. The number of fused-ring (bicyclic) bond motifs is 1. The van der Waals surface area contributed by atoms with E-state index in [1.165, 1.54) is 5.56 Å². The molecule has 32 heavy (non-hydrogen) atoms. The molecule has 4 rings (SSSR count). The van der Waals surface area contributed by atoms with Crippen LogP contribution in [0.3, 0.4) is 0 Å². The van der Waals surface area contributed by atoms with Gasteiger partial charge < -0.3 is 16.0 Å². The van der Waals surface area contributed by atoms with Crippen molar-refractivity contribution in [3.05, 3.63) is 53.1 Å². The number of nitrogens with zero attached hydrogens (tertiary/aromatic N) is 6. The molecule has 3 heterocycles. The number of rotatable bonds is 6. The van der Waals surface area contributed by atoms with Gasteiger partial charge in [-0.1, -0.05) is 13.0 Å². The van der Waals surface area contributed by atoms with E-state index in [9.17, 15) is 0 Å². The number of hydrogen-bond acceptors (Lipinski definition) is 8. The average Bonchev–Trinajstić information content (AvgIpc) is 2.81. The highest BCUT2D eigenvalue weighted by atomic mass is 15.3. The van der Waals surface area contributed by atoms with Gasteiger partial charge in [0.15, 0.2) is 0 Å². The molecule has 0 amide bonds. The molecule has 1 fully saturated rings. The van der Waals surface area contributed by atoms with E-state index in [0.717, 1.165) is 80.5 Å². The summed E-state index contributed by atoms with van der Waals surface area (Å²) in [5.74, 6) is 1.26. The zero-order chi connectivity index (χ0) is 22.5. The maximum atomic E-state index is 5.87. The van der Waals surface area contributed by atoms with Gasteiger partial charge in [0, 0.05) is 51.2 Å². The van der Waals surface area contributed by atoms with E-state index in [0.29, 0.717) is 5.95 Å². The largest absolute Gasteiger partial charge is 0.404 e. The highest BCUT2D eigenvalue weighted by Crippen LogP contribution is 2.25. The summed E-state index contributed by atoms with van der Waals surface area (Å²) in [5, 5.41) is 3.25. The second kappa shape index (κ2) is 10.2. The number of likely N-dealkylation sites (N-methyl/N-ethyl adjacent to an activating group) is 1. The summed E-state index contributed by atoms with van der Waals surface area (Å²) >= 11 is 0. The van der Waals surface area contributed by atoms with Gasteiger partial charge in [-0.3, -0.25) is 9.89 Å². The fourth-order valence-corrected chi connectivity index (χ4v) is 4.19. The molecule has 2 aliphatic rings. The average molecular weight is 435 g/mol. The van der Waals surface area contributed by atoms with Crippen LogP contribution in [0.25, 0.3) is 0 Å². The first-order chi connectivity index (χ1) is 15.6. The number of nitrogens with one attached hydrogen (secondary N) is 1. The topological polar surface area (TPSA) is 95.6 Å². The standard InChI is InChI=1S/C24H34N8/c1-4-31-9-11-32(12-10-31)16-18-5-8-21(26-14-18)29-24-27-15-20-7-6-19(13-25)22(23(20)30-24)28-17(2)3/h5,8,13-15,17H,4,6-7,9-12,16,25H2,1-3H3,(H,26,27,29,30). The zero-order valence-electron chi connectivity index (χ0n) is 19.4. The SMILES string of the molecule is CCN1CCN(Cc2ccc(Nc3ncc4c(n3)C(=NC(C)C)C(=CN)CC4)nc2)CC1. The molecule has 1 saturated heterocycles. The van der Waals surface area contributed by atoms with Crippen LogP contribution in [-0.2, 0) is 13.0 Å². The van der Waals surface area contributed by atoms with Crippen molar-refractivity contribution in [3.63, 3.8) is 0 Å². The minimum Gasteiger partial charge on any atom is -0.404 e. The number of pyridine rings is 1. The van der Waals surface area contributed by atoms with Crippen LogP contribution in [0.4, 0.5) is 11.8 Å². The van der Waals surface area contributed by atoms with Gasteiger partial charge in [0.25, 0.3) is 0 Å². The van der Waals surface area contributed by atoms with Gasteiger partial charge in [-0.2, -0.15) is 0 Å². The lowest BCUT2D eigenvalue weighted by atomic mass is 9.91. The number of anilines is 2. The van der Waals surface area contributed by atoms with Crippen molar-refractivity contribution in [1.29, 1.82) is 0 Å². The Morgan fingerprint density at radius 1 is 1.09 bits per heavy atom. The van der Waals surface area contributed by atoms with Crippen molar-refractivity contribution < 1.29 is 0 Å². The molecule has 1 aliphatic heterocycles. The third-order valence-corrected chi connectivity index (χ3v) is 6.03. The Hall–Kier alpha value is -2.84. The Balaban J connectivity index is 1.45. The molecule has 1 aliphatic carbocycles. The zero-order valence-corrected chi connectivity index (χ0v) is 19.4. The van der Waals surface area contributed by atoms with Gasteiger partial charge in [-0.25, -0.2) is 15.0 Å². The normalized spacial score (nSPS) is 20.1. The second-order valence-corrected chi connectivity index (χ2v) is 8.72. The third-order valence-electron chi connectivity index (χ3n) is 6.03. The lowest BCUT2D eigenvalue weighted by Gasteiger charge is -2.33. The number of aryl methyl sites for hydroxylation is 1. The molecule has 8 nitrogen and oxygen atoms in total. The van der Waals surface area contributed by atoms with E-state index >= 15 is 0 Å². The molecular weight excluding hydrogens is 400 g/mol. The molecule has 2 aromatic heterocycles. The highest BCUT2D eigenvalue weighted by molar-refractivity contribution is 6.13. The van der Waals surface area contributed by atoms with Crippen LogP contribution >= 0.6 is 0 Å². The number of nitrogens with two attached hydrogens (primary N) is 1. The third kappa shape index (κ3) is 5.31. The van der Waals surface area contributed by atoms with Gasteiger partial charge in [-0.15, -0.1) is 0 Å². The van der Waals surface area contributed by atoms with Crippen molar-refractivity contribution in [1.82, 2.24) is 24.8 Å². The molecule has 0 aromatic carbocycles. The van der Waals surface area contributed by atoms with E-state index in [2.05, 4.69) is 51.9 Å². The lowest BCUT2D eigenvalue weighted by molar-refractivity contribution is 0.132. The van der Waals surface area contributed by atoms with Crippen LogP contribution < -0.4 is 11.1 Å². The number of aromatic nitrogens is 3. The number of aliphatic imine (C=N–C) groups is 1. The summed E-state index contributed by atoms with van der Waals surface area (Å²) < 4.78 is 0. The Morgan fingerprint density at radius 2 is 1.88 bits per heavy atom. The van der Waals surface area contributed by atoms with Crippen LogP contribution in [0.2, 0.25) is 0 Å². The van der Waals surface area contributed by atoms with Crippen molar-refractivity contribution in [2.45, 2.75) is 46.2 Å². The molecule has 0 bridgehead atoms. The Bertz CT molecular complexity index is 972. The molecule has 0 unspecified atom stereocenters. The van der Waals surface area contributed by atoms with E-state index in [1.807, 2.05) is 18.5 Å². The maximum absolute atomic E-state index is 5.87. The summed E-state index contributed by atoms with van der Waals surface area (Å²) in [7, 11) is 0. The smallest absolute Gasteiger partial charge is 0.228 e. The molecule has 0 saturated carbocycles. The van der Waals surface area contributed by atoms with Crippen LogP contribution in [0.1, 0.15) is 44.0 Å². The van der Waals surface area contributed by atoms with Gasteiger partial charge in [-0.05, 0) is 62.2 Å². The van der Waals surface area contributed by atoms with Gasteiger partial charge in [0.1, 0.15) is 5.82 Å². The van der Waals surface area contributed by atoms with E-state index in [4.69, 9.17) is 15.7 Å². The predicted molar refractivity (Wildman–Crippen MR) is 129 cm³/mol. The summed E-state index contributed by atoms with van der Waals surface area (Å²) in [6.07, 6.45) is 7.21. The summed E-state index contributed by atoms with van der Waals surface area (Å²) in [5.41, 5.74) is 11.0. The molecule has 2 aromatic rings. The van der Waals surface area contributed by atoms with Crippen LogP contribution in [0.15, 0.2) is 41.3 Å². The van der Waals surface area contributed by atoms with Gasteiger partial charge in [0.2, 0.25) is 5.95 Å². The molecule has 0 spiro atoms. The van der Waals surface area contributed by atoms with Gasteiger partial charge >= 0.3 is 0 Å². The van der Waals surface area contributed by atoms with Crippen LogP contribution in [0, 0.1) is 0 Å². The summed E-state index contributed by atoms with van der Waals surface area (Å²) in [6.45, 7) is 12.9. The first kappa shape index (κ1) is 22.4. The molecule has 170 valence electrons. The van der Waals surface area contributed by atoms with Crippen molar-refractivity contribution in [2.75, 3.05) is 38.0 Å². The summed E-state index contributed by atoms with van der Waals surface area (Å²) in [4.78, 5) is 23.6. The molecular formula is C24H34N8.